The van der Waals surface area contributed by atoms with Gasteiger partial charge in [-0.05, 0) is 37.6 Å². The molecule has 4 rings (SSSR count). The van der Waals surface area contributed by atoms with Crippen molar-refractivity contribution < 1.29 is 10.2 Å². The third kappa shape index (κ3) is 5.58. The van der Waals surface area contributed by atoms with E-state index < -0.39 is 5.60 Å². The summed E-state index contributed by atoms with van der Waals surface area (Å²) < 4.78 is 1.97. The van der Waals surface area contributed by atoms with Gasteiger partial charge in [0, 0.05) is 29.6 Å². The second-order valence-corrected chi connectivity index (χ2v) is 9.42. The molecule has 4 N–H and O–H groups in total. The highest BCUT2D eigenvalue weighted by atomic mass is 35.5. The van der Waals surface area contributed by atoms with Crippen LogP contribution in [0.4, 0.5) is 11.8 Å². The quantitative estimate of drug-likeness (QED) is 0.276. The second kappa shape index (κ2) is 9.87. The molecule has 0 saturated carbocycles. The number of hydrogen-bond acceptors (Lipinski definition) is 7. The lowest BCUT2D eigenvalue weighted by molar-refractivity contribution is 0.0303. The summed E-state index contributed by atoms with van der Waals surface area (Å²) in [6.07, 6.45) is 1.75. The Bertz CT molecular complexity index is 1270. The highest BCUT2D eigenvalue weighted by Crippen LogP contribution is 2.26. The van der Waals surface area contributed by atoms with Crippen molar-refractivity contribution >= 4 is 34.5 Å². The highest BCUT2D eigenvalue weighted by Gasteiger charge is 2.22. The number of phenols is 1. The van der Waals surface area contributed by atoms with Crippen molar-refractivity contribution in [2.75, 3.05) is 17.2 Å². The molecule has 2 aromatic heterocycles. The number of aromatic hydroxyl groups is 1. The number of fused-ring (bicyclic) bond motifs is 1. The van der Waals surface area contributed by atoms with Crippen LogP contribution in [0.1, 0.15) is 31.9 Å². The van der Waals surface area contributed by atoms with E-state index in [0.29, 0.717) is 53.2 Å². The molecule has 1 unspecified atom stereocenters. The van der Waals surface area contributed by atoms with Crippen LogP contribution in [0.2, 0.25) is 5.02 Å². The maximum Gasteiger partial charge on any atom is 0.226 e. The smallest absolute Gasteiger partial charge is 0.226 e. The minimum absolute atomic E-state index is 0.0270. The first-order chi connectivity index (χ1) is 16.2. The number of aliphatic hydroxyl groups is 1. The minimum atomic E-state index is -0.836. The van der Waals surface area contributed by atoms with Crippen LogP contribution in [0.5, 0.6) is 5.75 Å². The third-order valence-corrected chi connectivity index (χ3v) is 6.15. The molecule has 0 bridgehead atoms. The normalized spacial score (nSPS) is 12.6. The molecular weight excluding hydrogens is 452 g/mol. The minimum Gasteiger partial charge on any atom is -0.508 e. The molecule has 0 aliphatic heterocycles. The van der Waals surface area contributed by atoms with E-state index in [1.54, 1.807) is 38.4 Å². The van der Waals surface area contributed by atoms with Gasteiger partial charge in [0.15, 0.2) is 17.0 Å². The zero-order valence-electron chi connectivity index (χ0n) is 19.5. The Morgan fingerprint density at radius 3 is 2.59 bits per heavy atom. The van der Waals surface area contributed by atoms with Crippen LogP contribution in [0.15, 0.2) is 54.9 Å². The third-order valence-electron chi connectivity index (χ3n) is 5.92. The summed E-state index contributed by atoms with van der Waals surface area (Å²) in [5.41, 5.74) is 2.24. The number of benzene rings is 2. The van der Waals surface area contributed by atoms with Crippen molar-refractivity contribution in [1.29, 1.82) is 0 Å². The Hall–Kier alpha value is -3.36. The van der Waals surface area contributed by atoms with Crippen molar-refractivity contribution in [3.05, 3.63) is 71.0 Å². The average Bonchev–Trinajstić information content (AvgIpc) is 3.20. The maximum atomic E-state index is 10.3. The number of rotatable bonds is 9. The number of phenolic OH excluding ortho intramolecular Hbond substituents is 1. The summed E-state index contributed by atoms with van der Waals surface area (Å²) >= 11 is 6.10. The Kier molecular flexibility index (Phi) is 6.90. The number of anilines is 2. The van der Waals surface area contributed by atoms with Crippen LogP contribution in [-0.2, 0) is 13.1 Å². The summed E-state index contributed by atoms with van der Waals surface area (Å²) in [6, 6.07) is 15.0. The van der Waals surface area contributed by atoms with E-state index >= 15 is 0 Å². The topological polar surface area (TPSA) is 108 Å². The number of nitrogens with one attached hydrogen (secondary N) is 2. The summed E-state index contributed by atoms with van der Waals surface area (Å²) in [6.45, 7) is 6.94. The number of imidazole rings is 1. The lowest BCUT2D eigenvalue weighted by Gasteiger charge is -2.26. The van der Waals surface area contributed by atoms with Crippen LogP contribution in [0.3, 0.4) is 0 Å². The molecule has 4 aromatic rings. The average molecular weight is 481 g/mol. The van der Waals surface area contributed by atoms with Crippen LogP contribution >= 0.6 is 11.6 Å². The first kappa shape index (κ1) is 23.8. The predicted octanol–water partition coefficient (Wildman–Crippen LogP) is 4.66. The molecule has 0 amide bonds. The second-order valence-electron chi connectivity index (χ2n) is 8.99. The summed E-state index contributed by atoms with van der Waals surface area (Å²) in [4.78, 5) is 13.9. The van der Waals surface area contributed by atoms with Gasteiger partial charge in [-0.3, -0.25) is 0 Å². The standard InChI is InChI=1S/C25H29ClN6O2/c1-16(25(2,3)34)12-28-24-30-22(27-13-18-11-19(26)9-10-20(18)33)21-23(31-24)32(15-29-21)14-17-7-5-4-6-8-17/h4-11,15-16,33-34H,12-14H2,1-3H3,(H2,27,28,30,31). The number of aromatic nitrogens is 4. The van der Waals surface area contributed by atoms with E-state index in [2.05, 4.69) is 32.7 Å². The van der Waals surface area contributed by atoms with Gasteiger partial charge in [-0.1, -0.05) is 48.9 Å². The van der Waals surface area contributed by atoms with Crippen molar-refractivity contribution in [3.8, 4) is 5.75 Å². The first-order valence-corrected chi connectivity index (χ1v) is 11.5. The molecule has 1 atom stereocenters. The lowest BCUT2D eigenvalue weighted by Crippen LogP contribution is -2.33. The largest absolute Gasteiger partial charge is 0.508 e. The van der Waals surface area contributed by atoms with Gasteiger partial charge in [-0.2, -0.15) is 9.97 Å². The van der Waals surface area contributed by atoms with Gasteiger partial charge in [-0.25, -0.2) is 4.98 Å². The Morgan fingerprint density at radius 1 is 1.09 bits per heavy atom. The van der Waals surface area contributed by atoms with Crippen LogP contribution in [-0.4, -0.2) is 41.9 Å². The summed E-state index contributed by atoms with van der Waals surface area (Å²) in [7, 11) is 0. The van der Waals surface area contributed by atoms with E-state index in [1.165, 1.54) is 0 Å². The summed E-state index contributed by atoms with van der Waals surface area (Å²) in [5, 5.41) is 27.5. The Balaban J connectivity index is 1.66. The highest BCUT2D eigenvalue weighted by molar-refractivity contribution is 6.30. The van der Waals surface area contributed by atoms with Crippen molar-refractivity contribution in [2.24, 2.45) is 5.92 Å². The number of halogens is 1. The van der Waals surface area contributed by atoms with E-state index in [4.69, 9.17) is 16.6 Å². The molecule has 0 aliphatic carbocycles. The van der Waals surface area contributed by atoms with Gasteiger partial charge in [0.2, 0.25) is 5.95 Å². The molecule has 34 heavy (non-hydrogen) atoms. The van der Waals surface area contributed by atoms with Gasteiger partial charge in [0.25, 0.3) is 0 Å². The Labute approximate surface area is 203 Å². The Morgan fingerprint density at radius 2 is 1.85 bits per heavy atom. The van der Waals surface area contributed by atoms with Gasteiger partial charge in [-0.15, -0.1) is 0 Å². The molecule has 2 aromatic carbocycles. The number of nitrogens with zero attached hydrogens (tertiary/aromatic N) is 4. The monoisotopic (exact) mass is 480 g/mol. The van der Waals surface area contributed by atoms with Gasteiger partial charge in [0.1, 0.15) is 5.75 Å². The zero-order chi connectivity index (χ0) is 24.3. The maximum absolute atomic E-state index is 10.3. The molecule has 0 aliphatic rings. The van der Waals surface area contributed by atoms with Gasteiger partial charge >= 0.3 is 0 Å². The van der Waals surface area contributed by atoms with E-state index in [9.17, 15) is 10.2 Å². The van der Waals surface area contributed by atoms with E-state index in [-0.39, 0.29) is 11.7 Å². The van der Waals surface area contributed by atoms with Crippen molar-refractivity contribution in [1.82, 2.24) is 19.5 Å². The molecule has 0 fully saturated rings. The van der Waals surface area contributed by atoms with E-state index in [0.717, 1.165) is 5.56 Å². The zero-order valence-corrected chi connectivity index (χ0v) is 20.2. The molecule has 2 heterocycles. The van der Waals surface area contributed by atoms with Gasteiger partial charge < -0.3 is 25.4 Å². The fourth-order valence-electron chi connectivity index (χ4n) is 3.41. The fraction of sp³-hybridized carbons (Fsp3) is 0.320. The number of hydrogen-bond donors (Lipinski definition) is 4. The van der Waals surface area contributed by atoms with Crippen molar-refractivity contribution in [2.45, 2.75) is 39.5 Å². The molecule has 0 radical (unpaired) electrons. The molecule has 0 saturated heterocycles. The van der Waals surface area contributed by atoms with E-state index in [1.807, 2.05) is 29.7 Å². The molecular formula is C25H29ClN6O2. The van der Waals surface area contributed by atoms with Crippen LogP contribution in [0.25, 0.3) is 11.2 Å². The fourth-order valence-corrected chi connectivity index (χ4v) is 3.61. The van der Waals surface area contributed by atoms with Crippen LogP contribution < -0.4 is 10.6 Å². The molecule has 0 spiro atoms. The van der Waals surface area contributed by atoms with Crippen LogP contribution in [0, 0.1) is 5.92 Å². The van der Waals surface area contributed by atoms with Gasteiger partial charge in [0.05, 0.1) is 18.5 Å². The molecule has 8 nitrogen and oxygen atoms in total. The molecule has 178 valence electrons. The lowest BCUT2D eigenvalue weighted by atomic mass is 9.93. The first-order valence-electron chi connectivity index (χ1n) is 11.1. The molecule has 9 heteroatoms. The van der Waals surface area contributed by atoms with Crippen molar-refractivity contribution in [3.63, 3.8) is 0 Å². The SMILES string of the molecule is CC(CNc1nc(NCc2cc(Cl)ccc2O)c2ncn(Cc3ccccc3)c2n1)C(C)(C)O. The summed E-state index contributed by atoms with van der Waals surface area (Å²) in [5.74, 6) is 1.08. The predicted molar refractivity (Wildman–Crippen MR) is 135 cm³/mol.